The van der Waals surface area contributed by atoms with Crippen LogP contribution < -0.4 is 10.6 Å². The number of rotatable bonds is 6. The molecular weight excluding hydrogens is 461 g/mol. The molecule has 0 spiro atoms. The Balaban J connectivity index is 0.00000154. The number of H-pyrrole nitrogens is 1. The molecule has 1 aliphatic heterocycles. The van der Waals surface area contributed by atoms with Gasteiger partial charge in [-0.25, -0.2) is 4.39 Å². The molecule has 1 unspecified atom stereocenters. The minimum absolute atomic E-state index is 0.159. The Bertz CT molecular complexity index is 1130. The highest BCUT2D eigenvalue weighted by Crippen LogP contribution is 2.34. The van der Waals surface area contributed by atoms with Crippen LogP contribution in [0.1, 0.15) is 81.3 Å². The Hall–Kier alpha value is -3.42. The van der Waals surface area contributed by atoms with Gasteiger partial charge in [-0.15, -0.1) is 0 Å². The van der Waals surface area contributed by atoms with Gasteiger partial charge in [-0.1, -0.05) is 34.6 Å². The number of carbonyl (C=O) groups is 3. The SMILES string of the molecule is CC.CC.COC(=O)C(C)(C)C(C)CNC(=O)c1c(C)[nH]c(/C=C2\C(=O)Nc3ccc(F)cc32)c1C. The first-order chi connectivity index (χ1) is 17.0. The first-order valence-corrected chi connectivity index (χ1v) is 12.4. The van der Waals surface area contributed by atoms with Crippen molar-refractivity contribution in [2.24, 2.45) is 11.3 Å². The average molecular weight is 502 g/mol. The standard InChI is InChI=1S/C24H28FN3O4.2C2H6/c1-12(24(4,5)23(31)32-6)11-26-22(30)20-13(2)19(27-14(20)3)10-17-16-9-15(25)7-8-18(16)28-21(17)29;2*1-2/h7-10,12,27H,11H2,1-6H3,(H,26,30)(H,28,29);2*1-2H3/b17-10-;;. The maximum Gasteiger partial charge on any atom is 0.311 e. The number of ether oxygens (including phenoxy) is 1. The Kier molecular flexibility index (Phi) is 11.1. The van der Waals surface area contributed by atoms with Gasteiger partial charge in [-0.3, -0.25) is 14.4 Å². The molecular formula is C28H40FN3O4. The average Bonchev–Trinajstić information content (AvgIpc) is 3.33. The van der Waals surface area contributed by atoms with Crippen molar-refractivity contribution in [1.29, 1.82) is 0 Å². The van der Waals surface area contributed by atoms with E-state index in [4.69, 9.17) is 4.74 Å². The molecule has 7 nitrogen and oxygen atoms in total. The minimum atomic E-state index is -0.752. The van der Waals surface area contributed by atoms with Gasteiger partial charge in [0.1, 0.15) is 5.82 Å². The lowest BCUT2D eigenvalue weighted by molar-refractivity contribution is -0.153. The van der Waals surface area contributed by atoms with Crippen molar-refractivity contribution in [3.8, 4) is 0 Å². The van der Waals surface area contributed by atoms with E-state index in [2.05, 4.69) is 15.6 Å². The third-order valence-electron chi connectivity index (χ3n) is 6.27. The minimum Gasteiger partial charge on any atom is -0.469 e. The van der Waals surface area contributed by atoms with Crippen molar-refractivity contribution in [2.75, 3.05) is 19.0 Å². The predicted molar refractivity (Wildman–Crippen MR) is 143 cm³/mol. The highest BCUT2D eigenvalue weighted by molar-refractivity contribution is 6.34. The second-order valence-corrected chi connectivity index (χ2v) is 8.69. The molecule has 3 N–H and O–H groups in total. The van der Waals surface area contributed by atoms with E-state index in [0.717, 1.165) is 0 Å². The molecule has 0 saturated heterocycles. The van der Waals surface area contributed by atoms with Crippen molar-refractivity contribution in [2.45, 2.75) is 62.3 Å². The van der Waals surface area contributed by atoms with E-state index < -0.39 is 11.2 Å². The van der Waals surface area contributed by atoms with Crippen molar-refractivity contribution < 1.29 is 23.5 Å². The van der Waals surface area contributed by atoms with Crippen molar-refractivity contribution in [3.05, 3.63) is 52.1 Å². The quantitative estimate of drug-likeness (QED) is 0.340. The number of hydrogen-bond acceptors (Lipinski definition) is 4. The van der Waals surface area contributed by atoms with Crippen LogP contribution in [0.2, 0.25) is 0 Å². The summed E-state index contributed by atoms with van der Waals surface area (Å²) in [5.41, 5.74) is 2.98. The zero-order valence-electron chi connectivity index (χ0n) is 23.1. The summed E-state index contributed by atoms with van der Waals surface area (Å²) in [4.78, 5) is 40.5. The number of anilines is 1. The molecule has 1 aromatic heterocycles. The van der Waals surface area contributed by atoms with Crippen LogP contribution in [-0.2, 0) is 14.3 Å². The van der Waals surface area contributed by atoms with Crippen molar-refractivity contribution in [1.82, 2.24) is 10.3 Å². The normalized spacial score (nSPS) is 14.0. The molecule has 0 bridgehead atoms. The molecule has 36 heavy (non-hydrogen) atoms. The molecule has 1 aliphatic rings. The van der Waals surface area contributed by atoms with Gasteiger partial charge in [0.2, 0.25) is 0 Å². The fourth-order valence-electron chi connectivity index (χ4n) is 3.76. The van der Waals surface area contributed by atoms with Crippen LogP contribution in [-0.4, -0.2) is 36.4 Å². The zero-order chi connectivity index (χ0) is 27.8. The highest BCUT2D eigenvalue weighted by atomic mass is 19.1. The lowest BCUT2D eigenvalue weighted by atomic mass is 9.80. The number of benzene rings is 1. The van der Waals surface area contributed by atoms with Gasteiger partial charge in [-0.2, -0.15) is 0 Å². The Morgan fingerprint density at radius 1 is 1.17 bits per heavy atom. The maximum absolute atomic E-state index is 13.7. The Morgan fingerprint density at radius 2 is 1.78 bits per heavy atom. The third-order valence-corrected chi connectivity index (χ3v) is 6.27. The van der Waals surface area contributed by atoms with Crippen LogP contribution in [0.25, 0.3) is 11.6 Å². The summed E-state index contributed by atoms with van der Waals surface area (Å²) < 4.78 is 18.6. The van der Waals surface area contributed by atoms with Crippen molar-refractivity contribution in [3.63, 3.8) is 0 Å². The molecule has 1 aromatic carbocycles. The molecule has 3 rings (SSSR count). The fraction of sp³-hybridized carbons (Fsp3) is 0.464. The van der Waals surface area contributed by atoms with Crippen LogP contribution in [0.3, 0.4) is 0 Å². The van der Waals surface area contributed by atoms with Crippen LogP contribution in [0.4, 0.5) is 10.1 Å². The molecule has 198 valence electrons. The largest absolute Gasteiger partial charge is 0.469 e. The fourth-order valence-corrected chi connectivity index (χ4v) is 3.76. The molecule has 2 amide bonds. The van der Waals surface area contributed by atoms with Crippen LogP contribution in [0, 0.1) is 31.0 Å². The summed E-state index contributed by atoms with van der Waals surface area (Å²) in [6.07, 6.45) is 1.63. The Morgan fingerprint density at radius 3 is 2.36 bits per heavy atom. The lowest BCUT2D eigenvalue weighted by Crippen LogP contribution is -2.40. The number of amides is 2. The number of fused-ring (bicyclic) bond motifs is 1. The van der Waals surface area contributed by atoms with E-state index in [-0.39, 0.29) is 30.2 Å². The second kappa shape index (κ2) is 13.0. The molecule has 0 radical (unpaired) electrons. The first-order valence-electron chi connectivity index (χ1n) is 12.4. The number of methoxy groups -OCH3 is 1. The molecule has 0 saturated carbocycles. The number of carbonyl (C=O) groups excluding carboxylic acids is 3. The molecule has 0 aliphatic carbocycles. The molecule has 2 aromatic rings. The van der Waals surface area contributed by atoms with Gasteiger partial charge in [0.05, 0.1) is 23.7 Å². The van der Waals surface area contributed by atoms with E-state index in [1.165, 1.54) is 25.3 Å². The Labute approximate surface area is 213 Å². The number of aryl methyl sites for hydroxylation is 1. The van der Waals surface area contributed by atoms with Crippen LogP contribution in [0.5, 0.6) is 0 Å². The van der Waals surface area contributed by atoms with Gasteiger partial charge in [0.25, 0.3) is 11.8 Å². The van der Waals surface area contributed by atoms with E-state index in [9.17, 15) is 18.8 Å². The monoisotopic (exact) mass is 501 g/mol. The summed E-state index contributed by atoms with van der Waals surface area (Å²) in [7, 11) is 1.34. The molecule has 8 heteroatoms. The summed E-state index contributed by atoms with van der Waals surface area (Å²) in [5, 5.41) is 5.60. The molecule has 1 atom stereocenters. The number of nitrogens with one attached hydrogen (secondary N) is 3. The summed E-state index contributed by atoms with van der Waals surface area (Å²) in [6.45, 7) is 17.3. The summed E-state index contributed by atoms with van der Waals surface area (Å²) in [5.74, 6) is -1.55. The smallest absolute Gasteiger partial charge is 0.311 e. The number of aromatic nitrogens is 1. The van der Waals surface area contributed by atoms with Crippen LogP contribution in [0.15, 0.2) is 18.2 Å². The van der Waals surface area contributed by atoms with Gasteiger partial charge in [0.15, 0.2) is 0 Å². The van der Waals surface area contributed by atoms with E-state index >= 15 is 0 Å². The highest BCUT2D eigenvalue weighted by Gasteiger charge is 2.35. The molecule has 0 fully saturated rings. The predicted octanol–water partition coefficient (Wildman–Crippen LogP) is 5.88. The lowest BCUT2D eigenvalue weighted by Gasteiger charge is -2.28. The second-order valence-electron chi connectivity index (χ2n) is 8.69. The van der Waals surface area contributed by atoms with Crippen LogP contribution >= 0.6 is 0 Å². The van der Waals surface area contributed by atoms with Crippen molar-refractivity contribution >= 4 is 35.1 Å². The zero-order valence-corrected chi connectivity index (χ0v) is 23.1. The van der Waals surface area contributed by atoms with Gasteiger partial charge in [0, 0.05) is 29.2 Å². The summed E-state index contributed by atoms with van der Waals surface area (Å²) >= 11 is 0. The third kappa shape index (κ3) is 6.42. The van der Waals surface area contributed by atoms with Gasteiger partial charge < -0.3 is 20.4 Å². The van der Waals surface area contributed by atoms with E-state index in [1.54, 1.807) is 33.8 Å². The summed E-state index contributed by atoms with van der Waals surface area (Å²) in [6, 6.07) is 4.12. The van der Waals surface area contributed by atoms with Gasteiger partial charge in [-0.05, 0) is 63.5 Å². The topological polar surface area (TPSA) is 100 Å². The number of aromatic amines is 1. The van der Waals surface area contributed by atoms with E-state index in [1.807, 2.05) is 34.6 Å². The first kappa shape index (κ1) is 30.6. The number of esters is 1. The number of hydrogen-bond donors (Lipinski definition) is 3. The maximum atomic E-state index is 13.7. The molecule has 2 heterocycles. The number of halogens is 1. The van der Waals surface area contributed by atoms with Gasteiger partial charge >= 0.3 is 5.97 Å². The van der Waals surface area contributed by atoms with E-state index in [0.29, 0.717) is 39.3 Å².